The Morgan fingerprint density at radius 2 is 0.482 bits per heavy atom. The Morgan fingerprint density at radius 3 is 0.714 bits per heavy atom. The van der Waals surface area contributed by atoms with E-state index in [1.807, 2.05) is 0 Å². The molecule has 0 spiro atoms. The van der Waals surface area contributed by atoms with Crippen LogP contribution in [0.3, 0.4) is 0 Å². The second-order valence-corrected chi connectivity index (χ2v) is 17.1. The van der Waals surface area contributed by atoms with Crippen LogP contribution < -0.4 is 0 Å². The second-order valence-electron chi connectivity index (χ2n) is 17.1. The van der Waals surface area contributed by atoms with Gasteiger partial charge in [0.25, 0.3) is 0 Å². The molecule has 56 heavy (non-hydrogen) atoms. The number of ether oxygens (including phenoxy) is 3. The minimum absolute atomic E-state index is 0.0622. The standard InChI is InChI=1S/C50H96O6/c1-4-7-10-13-16-19-21-23-24-25-27-28-31-34-37-40-43-49(52)55-46-47(45-54-48(51)42-39-36-33-30-18-15-12-9-6-3)56-50(53)44-41-38-35-32-29-26-22-20-17-14-11-8-5-2/h47H,4-46H2,1-3H3. The lowest BCUT2D eigenvalue weighted by molar-refractivity contribution is -0.167. The minimum Gasteiger partial charge on any atom is -0.462 e. The Morgan fingerprint density at radius 1 is 0.286 bits per heavy atom. The van der Waals surface area contributed by atoms with E-state index in [0.29, 0.717) is 19.3 Å². The zero-order chi connectivity index (χ0) is 40.8. The lowest BCUT2D eigenvalue weighted by atomic mass is 10.0. The van der Waals surface area contributed by atoms with Crippen molar-refractivity contribution in [2.45, 2.75) is 290 Å². The highest BCUT2D eigenvalue weighted by Crippen LogP contribution is 2.16. The van der Waals surface area contributed by atoms with Gasteiger partial charge in [-0.15, -0.1) is 0 Å². The van der Waals surface area contributed by atoms with Crippen molar-refractivity contribution in [2.24, 2.45) is 0 Å². The van der Waals surface area contributed by atoms with Crippen LogP contribution in [0.25, 0.3) is 0 Å². The smallest absolute Gasteiger partial charge is 0.306 e. The Bertz CT molecular complexity index is 828. The van der Waals surface area contributed by atoms with Gasteiger partial charge in [0.05, 0.1) is 0 Å². The summed E-state index contributed by atoms with van der Waals surface area (Å²) >= 11 is 0. The van der Waals surface area contributed by atoms with Crippen LogP contribution in [0.1, 0.15) is 284 Å². The maximum atomic E-state index is 12.7. The fourth-order valence-corrected chi connectivity index (χ4v) is 7.56. The van der Waals surface area contributed by atoms with Gasteiger partial charge in [-0.1, -0.05) is 245 Å². The van der Waals surface area contributed by atoms with Gasteiger partial charge in [-0.05, 0) is 19.3 Å². The molecule has 6 heteroatoms. The summed E-state index contributed by atoms with van der Waals surface area (Å²) in [5.41, 5.74) is 0. The summed E-state index contributed by atoms with van der Waals surface area (Å²) < 4.78 is 16.8. The van der Waals surface area contributed by atoms with Crippen molar-refractivity contribution in [3.63, 3.8) is 0 Å². The van der Waals surface area contributed by atoms with Gasteiger partial charge in [0.1, 0.15) is 13.2 Å². The molecule has 0 heterocycles. The van der Waals surface area contributed by atoms with Crippen LogP contribution >= 0.6 is 0 Å². The number of rotatable bonds is 46. The molecule has 1 unspecified atom stereocenters. The summed E-state index contributed by atoms with van der Waals surface area (Å²) in [5, 5.41) is 0. The van der Waals surface area contributed by atoms with E-state index < -0.39 is 6.10 Å². The van der Waals surface area contributed by atoms with Gasteiger partial charge < -0.3 is 14.2 Å². The number of unbranched alkanes of at least 4 members (excludes halogenated alkanes) is 35. The van der Waals surface area contributed by atoms with E-state index >= 15 is 0 Å². The number of carbonyl (C=O) groups excluding carboxylic acids is 3. The number of hydrogen-bond acceptors (Lipinski definition) is 6. The molecule has 0 radical (unpaired) electrons. The van der Waals surface area contributed by atoms with Crippen molar-refractivity contribution in [1.82, 2.24) is 0 Å². The summed E-state index contributed by atoms with van der Waals surface area (Å²) in [6, 6.07) is 0. The molecule has 0 rings (SSSR count). The summed E-state index contributed by atoms with van der Waals surface area (Å²) in [4.78, 5) is 37.8. The fraction of sp³-hybridized carbons (Fsp3) is 0.940. The summed E-state index contributed by atoms with van der Waals surface area (Å²) in [5.74, 6) is -0.846. The van der Waals surface area contributed by atoms with Crippen molar-refractivity contribution >= 4 is 17.9 Å². The molecule has 332 valence electrons. The highest BCUT2D eigenvalue weighted by molar-refractivity contribution is 5.71. The van der Waals surface area contributed by atoms with Crippen LogP contribution in [-0.2, 0) is 28.6 Å². The Balaban J connectivity index is 4.26. The highest BCUT2D eigenvalue weighted by Gasteiger charge is 2.19. The predicted molar refractivity (Wildman–Crippen MR) is 238 cm³/mol. The molecular formula is C50H96O6. The number of hydrogen-bond donors (Lipinski definition) is 0. The minimum atomic E-state index is -0.758. The molecule has 0 aliphatic rings. The van der Waals surface area contributed by atoms with Crippen molar-refractivity contribution < 1.29 is 28.6 Å². The highest BCUT2D eigenvalue weighted by atomic mass is 16.6. The van der Waals surface area contributed by atoms with Crippen LogP contribution in [0.2, 0.25) is 0 Å². The van der Waals surface area contributed by atoms with Gasteiger partial charge in [0.15, 0.2) is 6.10 Å². The van der Waals surface area contributed by atoms with Gasteiger partial charge in [-0.25, -0.2) is 0 Å². The Hall–Kier alpha value is -1.59. The van der Waals surface area contributed by atoms with Crippen LogP contribution in [0.4, 0.5) is 0 Å². The number of esters is 3. The van der Waals surface area contributed by atoms with Crippen molar-refractivity contribution in [3.8, 4) is 0 Å². The molecule has 0 saturated carbocycles. The van der Waals surface area contributed by atoms with Crippen molar-refractivity contribution in [1.29, 1.82) is 0 Å². The lowest BCUT2D eigenvalue weighted by Gasteiger charge is -2.18. The van der Waals surface area contributed by atoms with E-state index in [1.54, 1.807) is 0 Å². The molecule has 0 aromatic heterocycles. The third kappa shape index (κ3) is 43.5. The number of carbonyl (C=O) groups is 3. The van der Waals surface area contributed by atoms with E-state index in [-0.39, 0.29) is 31.1 Å². The van der Waals surface area contributed by atoms with Crippen LogP contribution in [0.15, 0.2) is 0 Å². The monoisotopic (exact) mass is 793 g/mol. The largest absolute Gasteiger partial charge is 0.462 e. The first-order chi connectivity index (χ1) is 27.5. The van der Waals surface area contributed by atoms with Crippen LogP contribution in [0, 0.1) is 0 Å². The molecule has 0 aliphatic heterocycles. The Labute approximate surface area is 348 Å². The molecule has 0 aliphatic carbocycles. The van der Waals surface area contributed by atoms with E-state index in [0.717, 1.165) is 57.8 Å². The molecule has 0 aromatic carbocycles. The van der Waals surface area contributed by atoms with Gasteiger partial charge in [-0.3, -0.25) is 14.4 Å². The van der Waals surface area contributed by atoms with Crippen molar-refractivity contribution in [3.05, 3.63) is 0 Å². The van der Waals surface area contributed by atoms with Gasteiger partial charge >= 0.3 is 17.9 Å². The predicted octanol–water partition coefficient (Wildman–Crippen LogP) is 16.0. The first-order valence-corrected chi connectivity index (χ1v) is 25.0. The van der Waals surface area contributed by atoms with Gasteiger partial charge in [0.2, 0.25) is 0 Å². The van der Waals surface area contributed by atoms with E-state index in [9.17, 15) is 14.4 Å². The Kier molecular flexibility index (Phi) is 44.8. The average Bonchev–Trinajstić information content (AvgIpc) is 3.19. The summed E-state index contributed by atoms with van der Waals surface area (Å²) in [6.45, 7) is 6.65. The molecular weight excluding hydrogens is 697 g/mol. The van der Waals surface area contributed by atoms with Gasteiger partial charge in [-0.2, -0.15) is 0 Å². The van der Waals surface area contributed by atoms with Crippen LogP contribution in [-0.4, -0.2) is 37.2 Å². The molecule has 0 fully saturated rings. The third-order valence-electron chi connectivity index (χ3n) is 11.4. The quantitative estimate of drug-likeness (QED) is 0.0347. The normalized spacial score (nSPS) is 11.8. The maximum Gasteiger partial charge on any atom is 0.306 e. The SMILES string of the molecule is CCCCCCCCCCCCCCCCCCC(=O)OCC(COC(=O)CCCCCCCCCCC)OC(=O)CCCCCCCCCCCCCCC. The molecule has 6 nitrogen and oxygen atoms in total. The molecule has 1 atom stereocenters. The average molecular weight is 793 g/mol. The molecule has 0 amide bonds. The molecule has 0 N–H and O–H groups in total. The fourth-order valence-electron chi connectivity index (χ4n) is 7.56. The summed E-state index contributed by atoms with van der Waals surface area (Å²) in [7, 11) is 0. The molecule has 0 aromatic rings. The first kappa shape index (κ1) is 54.4. The first-order valence-electron chi connectivity index (χ1n) is 25.0. The van der Waals surface area contributed by atoms with Crippen LogP contribution in [0.5, 0.6) is 0 Å². The van der Waals surface area contributed by atoms with E-state index in [1.165, 1.54) is 186 Å². The second kappa shape index (κ2) is 46.1. The third-order valence-corrected chi connectivity index (χ3v) is 11.4. The lowest BCUT2D eigenvalue weighted by Crippen LogP contribution is -2.30. The zero-order valence-electron chi connectivity index (χ0n) is 37.9. The van der Waals surface area contributed by atoms with E-state index in [2.05, 4.69) is 20.8 Å². The summed E-state index contributed by atoms with van der Waals surface area (Å²) in [6.07, 6.45) is 48.0. The molecule has 0 bridgehead atoms. The van der Waals surface area contributed by atoms with E-state index in [4.69, 9.17) is 14.2 Å². The molecule has 0 saturated heterocycles. The zero-order valence-corrected chi connectivity index (χ0v) is 37.9. The van der Waals surface area contributed by atoms with Crippen molar-refractivity contribution in [2.75, 3.05) is 13.2 Å². The topological polar surface area (TPSA) is 78.9 Å². The van der Waals surface area contributed by atoms with Gasteiger partial charge in [0, 0.05) is 19.3 Å². The maximum absolute atomic E-state index is 12.7.